The number of hydrogen-bond acceptors (Lipinski definition) is 0. The van der Waals surface area contributed by atoms with Gasteiger partial charge in [0.1, 0.15) is 0 Å². The summed E-state index contributed by atoms with van der Waals surface area (Å²) < 4.78 is 16.5. The zero-order valence-electron chi connectivity index (χ0n) is 27.3. The third-order valence-electron chi connectivity index (χ3n) is 15.1. The van der Waals surface area contributed by atoms with E-state index in [0.717, 1.165) is 29.7 Å². The van der Waals surface area contributed by atoms with E-state index in [0.29, 0.717) is 0 Å². The number of hydrogen-bond donors (Lipinski definition) is 0. The molecule has 214 valence electrons. The fraction of sp³-hybridized carbons (Fsp3) is 0.692. The van der Waals surface area contributed by atoms with Crippen LogP contribution < -0.4 is 24.8 Å². The molecule has 0 unspecified atom stereocenters. The molecule has 2 aliphatic carbocycles. The Balaban J connectivity index is 0.00000578. The van der Waals surface area contributed by atoms with Crippen molar-refractivity contribution in [2.24, 2.45) is 0 Å². The maximum Gasteiger partial charge on any atom is -1.00 e. The first-order chi connectivity index (χ1) is 12.3. The fourth-order valence-corrected chi connectivity index (χ4v) is 168. The fourth-order valence-electron chi connectivity index (χ4n) is 9.82. The maximum absolute atomic E-state index is 7.76. The molecule has 0 atom stereocenters. The van der Waals surface area contributed by atoms with Crippen molar-refractivity contribution >= 4 is 45.9 Å². The van der Waals surface area contributed by atoms with E-state index in [1.165, 1.54) is 12.1 Å². The summed E-state index contributed by atoms with van der Waals surface area (Å²) in [5.41, 5.74) is 0. The Morgan fingerprint density at radius 3 is 0.800 bits per heavy atom. The number of rotatable bonds is 6. The zero-order chi connectivity index (χ0) is 27.3. The molecule has 0 aromatic rings. The molecule has 2 aliphatic rings. The van der Waals surface area contributed by atoms with Gasteiger partial charge >= 0.3 is 192 Å². The Bertz CT molecular complexity index is 1370. The van der Waals surface area contributed by atoms with Crippen molar-refractivity contribution in [1.82, 2.24) is 0 Å². The topological polar surface area (TPSA) is 0 Å². The average Bonchev–Trinajstić information content (AvgIpc) is 2.91. The van der Waals surface area contributed by atoms with Crippen molar-refractivity contribution in [2.45, 2.75) is 95.2 Å². The standard InChI is InChI=1S/2C9H15Si.8CH3.2ClH.Hf.4H3Si/c2*1-10(2,3)8-9-6-4-5-7-9;;;;;;;;;;;;;;;/h2*4-7H,8H2,1-3H3;8*1H3;2*1H;;4*1H3/p-2. The first-order valence-electron chi connectivity index (χ1n) is 14.1. The van der Waals surface area contributed by atoms with E-state index in [-0.39, 0.29) is 31.2 Å². The molecule has 9 heteroatoms. The van der Waals surface area contributed by atoms with Gasteiger partial charge in [-0.1, -0.05) is 0 Å². The minimum atomic E-state index is -7.76. The van der Waals surface area contributed by atoms with Crippen molar-refractivity contribution in [3.63, 3.8) is 0 Å². The summed E-state index contributed by atoms with van der Waals surface area (Å²) in [5, 5.41) is 0. The Morgan fingerprint density at radius 1 is 0.486 bits per heavy atom. The number of halogens is 2. The van der Waals surface area contributed by atoms with Crippen LogP contribution in [0.5, 0.6) is 0 Å². The molecule has 0 amide bonds. The van der Waals surface area contributed by atoms with Crippen LogP contribution in [0.15, 0.2) is 48.6 Å². The van der Waals surface area contributed by atoms with Gasteiger partial charge in [0.25, 0.3) is 0 Å². The minimum Gasteiger partial charge on any atom is -1.00 e. The first kappa shape index (κ1) is 36.7. The molecule has 0 nitrogen and oxygen atoms in total. The molecule has 0 saturated carbocycles. The van der Waals surface area contributed by atoms with E-state index < -0.39 is 18.1 Å². The van der Waals surface area contributed by atoms with Gasteiger partial charge in [0.2, 0.25) is 0 Å². The van der Waals surface area contributed by atoms with Gasteiger partial charge in [0, 0.05) is 0 Å². The summed E-state index contributed by atoms with van der Waals surface area (Å²) in [6, 6.07) is 2.56. The van der Waals surface area contributed by atoms with Gasteiger partial charge in [-0.05, 0) is 0 Å². The Kier molecular flexibility index (Phi) is 2.81. The molecule has 0 fully saturated rings. The van der Waals surface area contributed by atoms with Crippen LogP contribution in [-0.4, -0.2) is 45.9 Å². The van der Waals surface area contributed by atoms with E-state index in [4.69, 9.17) is 0 Å². The third-order valence-corrected chi connectivity index (χ3v) is 169. The molecule has 0 aliphatic heterocycles. The minimum absolute atomic E-state index is 0. The summed E-state index contributed by atoms with van der Waals surface area (Å²) in [6.45, 7) is 15.7. The molecule has 0 spiro atoms. The second-order valence-corrected chi connectivity index (χ2v) is 838. The first-order valence-corrected chi connectivity index (χ1v) is 101. The van der Waals surface area contributed by atoms with Gasteiger partial charge in [0.15, 0.2) is 0 Å². The van der Waals surface area contributed by atoms with Crippen LogP contribution in [0, 0.1) is 0 Å². The van der Waals surface area contributed by atoms with Crippen molar-refractivity contribution in [3.8, 4) is 0 Å². The van der Waals surface area contributed by atoms with Crippen LogP contribution in [0.4, 0.5) is 0 Å². The molecular formula is C26H66Cl2HfSi6-2. The van der Waals surface area contributed by atoms with Crippen LogP contribution in [0.2, 0.25) is 95.2 Å². The summed E-state index contributed by atoms with van der Waals surface area (Å²) in [5.74, 6) is 0. The number of allylic oxidation sites excluding steroid dienone is 8. The SMILES string of the molecule is C[Si](C)(C)C[C]1([Hf]([CH3])([CH3])([CH3])([CH3])([CH3])([CH3])([CH3])([CH3])([SiH3])([SiH3])([SiH3])([SiH3])[C]2(C[Si](C)(C)C)C=CC=C2)C=CC=C1.[Cl-].[Cl-]. The maximum atomic E-state index is 3.05. The van der Waals surface area contributed by atoms with Crippen LogP contribution >= 0.6 is 0 Å². The molecule has 0 aromatic heterocycles. The van der Waals surface area contributed by atoms with E-state index in [1.54, 1.807) is 0 Å². The molecule has 2 rings (SSSR count). The molecular weight excluding hydrogens is 730 g/mol. The summed E-state index contributed by atoms with van der Waals surface area (Å²) in [7, 11) is 1.15. The average molecular weight is 797 g/mol. The van der Waals surface area contributed by atoms with Crippen molar-refractivity contribution in [3.05, 3.63) is 48.6 Å². The van der Waals surface area contributed by atoms with Gasteiger partial charge in [-0.3, -0.25) is 0 Å². The van der Waals surface area contributed by atoms with Crippen molar-refractivity contribution in [2.75, 3.05) is 0 Å². The smallest absolute Gasteiger partial charge is 1.00 e. The Hall–Kier alpha value is 1.71. The van der Waals surface area contributed by atoms with E-state index >= 15 is 0 Å². The van der Waals surface area contributed by atoms with Gasteiger partial charge in [-0.2, -0.15) is 0 Å². The molecule has 0 N–H and O–H groups in total. The second-order valence-electron chi connectivity index (χ2n) is 48.1. The zero-order valence-corrected chi connectivity index (χ0v) is 42.4. The molecule has 35 heavy (non-hydrogen) atoms. The van der Waals surface area contributed by atoms with Crippen molar-refractivity contribution < 1.29 is 26.8 Å². The van der Waals surface area contributed by atoms with Crippen LogP contribution in [-0.2, 0) is 1.95 Å². The van der Waals surface area contributed by atoms with Gasteiger partial charge in [0.05, 0.1) is 0 Å². The van der Waals surface area contributed by atoms with Gasteiger partial charge in [-0.15, -0.1) is 0 Å². The van der Waals surface area contributed by atoms with Crippen LogP contribution in [0.25, 0.3) is 0 Å². The Labute approximate surface area is 214 Å². The normalized spacial score (nSPS) is 36.9. The van der Waals surface area contributed by atoms with E-state index in [1.807, 2.05) is 0 Å². The largest absolute Gasteiger partial charge is 1.00 e. The molecule has 0 saturated heterocycles. The van der Waals surface area contributed by atoms with E-state index in [9.17, 15) is 0 Å². The third kappa shape index (κ3) is 3.37. The van der Waals surface area contributed by atoms with Gasteiger partial charge < -0.3 is 24.8 Å². The molecule has 0 aromatic carbocycles. The summed E-state index contributed by atoms with van der Waals surface area (Å²) in [6.07, 6.45) is 20.9. The second kappa shape index (κ2) is 2.68. The van der Waals surface area contributed by atoms with Crippen LogP contribution in [0.1, 0.15) is 0 Å². The van der Waals surface area contributed by atoms with Crippen molar-refractivity contribution in [1.29, 1.82) is 0 Å². The predicted molar refractivity (Wildman–Crippen MR) is 185 cm³/mol. The molecule has 0 heterocycles. The van der Waals surface area contributed by atoms with E-state index in [2.05, 4.69) is 125 Å². The Morgan fingerprint density at radius 2 is 0.657 bits per heavy atom. The van der Waals surface area contributed by atoms with Gasteiger partial charge in [-0.25, -0.2) is 0 Å². The molecule has 0 radical (unpaired) electrons. The summed E-state index contributed by atoms with van der Waals surface area (Å²) >= 11 is 0. The predicted octanol–water partition coefficient (Wildman–Crippen LogP) is 0.258. The monoisotopic (exact) mass is 796 g/mol. The quantitative estimate of drug-likeness (QED) is 0.339. The van der Waals surface area contributed by atoms with Crippen LogP contribution in [0.3, 0.4) is 0 Å². The molecule has 0 bridgehead atoms. The summed E-state index contributed by atoms with van der Waals surface area (Å²) in [4.78, 5) is 0.